The van der Waals surface area contributed by atoms with Crippen LogP contribution in [0.15, 0.2) is 57.8 Å². The molecule has 1 aliphatic carbocycles. The smallest absolute Gasteiger partial charge is 0.264 e. The molecule has 5 rings (SSSR count). The quantitative estimate of drug-likeness (QED) is 0.403. The van der Waals surface area contributed by atoms with Gasteiger partial charge in [-0.2, -0.15) is 0 Å². The van der Waals surface area contributed by atoms with Gasteiger partial charge >= 0.3 is 0 Å². The van der Waals surface area contributed by atoms with Crippen molar-refractivity contribution < 1.29 is 9.32 Å². The molecule has 0 aliphatic heterocycles. The zero-order chi connectivity index (χ0) is 25.6. The number of nitrogens with one attached hydrogen (secondary N) is 1. The highest BCUT2D eigenvalue weighted by Crippen LogP contribution is 2.36. The molecule has 3 atom stereocenters. The summed E-state index contributed by atoms with van der Waals surface area (Å²) in [5.41, 5.74) is 1.24. The van der Waals surface area contributed by atoms with Crippen molar-refractivity contribution in [1.29, 1.82) is 0 Å². The van der Waals surface area contributed by atoms with E-state index in [9.17, 15) is 9.59 Å². The maximum absolute atomic E-state index is 13.7. The molecule has 0 saturated heterocycles. The van der Waals surface area contributed by atoms with Gasteiger partial charge in [0.1, 0.15) is 22.2 Å². The number of aromatic nitrogens is 2. The zero-order valence-electron chi connectivity index (χ0n) is 21.0. The third kappa shape index (κ3) is 3.91. The average molecular weight is 507 g/mol. The predicted octanol–water partition coefficient (Wildman–Crippen LogP) is 5.18. The monoisotopic (exact) mass is 506 g/mol. The molecular formula is C28H31ClN4O3. The van der Waals surface area contributed by atoms with Crippen LogP contribution >= 0.6 is 11.6 Å². The highest BCUT2D eigenvalue weighted by molar-refractivity contribution is 6.37. The molecule has 0 spiro atoms. The van der Waals surface area contributed by atoms with Crippen LogP contribution in [0.5, 0.6) is 0 Å². The third-order valence-corrected chi connectivity index (χ3v) is 8.12. The van der Waals surface area contributed by atoms with Crippen LogP contribution in [-0.2, 0) is 10.3 Å². The highest BCUT2D eigenvalue weighted by atomic mass is 35.5. The lowest BCUT2D eigenvalue weighted by Crippen LogP contribution is -2.54. The van der Waals surface area contributed by atoms with Gasteiger partial charge in [0.25, 0.3) is 5.56 Å². The molecule has 2 aromatic heterocycles. The van der Waals surface area contributed by atoms with E-state index < -0.39 is 5.54 Å². The lowest BCUT2D eigenvalue weighted by atomic mass is 9.86. The molecule has 0 bridgehead atoms. The van der Waals surface area contributed by atoms with E-state index in [1.165, 1.54) is 0 Å². The molecule has 188 valence electrons. The Bertz CT molecular complexity index is 1490. The molecule has 7 nitrogen and oxygen atoms in total. The Hall–Kier alpha value is -3.16. The number of rotatable bonds is 5. The molecule has 36 heavy (non-hydrogen) atoms. The molecule has 0 radical (unpaired) electrons. The summed E-state index contributed by atoms with van der Waals surface area (Å²) in [7, 11) is 3.84. The summed E-state index contributed by atoms with van der Waals surface area (Å²) in [6.07, 6.45) is 3.26. The van der Waals surface area contributed by atoms with Crippen molar-refractivity contribution >= 4 is 39.3 Å². The van der Waals surface area contributed by atoms with Gasteiger partial charge in [-0.1, -0.05) is 53.2 Å². The minimum Gasteiger partial charge on any atom is -0.360 e. The van der Waals surface area contributed by atoms with Crippen molar-refractivity contribution in [2.75, 3.05) is 14.1 Å². The standard InChI is InChI=1S/C28H31ClN4O3/c1-17-23-25(31-36-17)24-21(29)14-9-15-22(24)33(26(23)34)20-13-8-12-19(16-20)30-27(35)28(2,32(3)4)18-10-6-5-7-11-18/h5-7,9-11,14-15,19-20H,8,12-13,16H2,1-4H3,(H,30,35). The van der Waals surface area contributed by atoms with Gasteiger partial charge in [-0.15, -0.1) is 0 Å². The number of halogens is 1. The van der Waals surface area contributed by atoms with Crippen molar-refractivity contribution in [3.05, 3.63) is 75.2 Å². The predicted molar refractivity (Wildman–Crippen MR) is 142 cm³/mol. The Morgan fingerprint density at radius 2 is 1.89 bits per heavy atom. The third-order valence-electron chi connectivity index (χ3n) is 7.80. The number of hydrogen-bond donors (Lipinski definition) is 1. The fourth-order valence-corrected chi connectivity index (χ4v) is 5.80. The van der Waals surface area contributed by atoms with E-state index >= 15 is 0 Å². The maximum atomic E-state index is 13.7. The van der Waals surface area contributed by atoms with Gasteiger partial charge in [-0.25, -0.2) is 0 Å². The Balaban J connectivity index is 1.50. The van der Waals surface area contributed by atoms with E-state index in [1.807, 2.05) is 73.0 Å². The Morgan fingerprint density at radius 1 is 1.14 bits per heavy atom. The number of carbonyl (C=O) groups is 1. The molecule has 1 saturated carbocycles. The molecular weight excluding hydrogens is 476 g/mol. The zero-order valence-corrected chi connectivity index (χ0v) is 21.8. The molecule has 4 aromatic rings. The molecule has 1 aliphatic rings. The first-order valence-corrected chi connectivity index (χ1v) is 12.7. The van der Waals surface area contributed by atoms with Crippen molar-refractivity contribution in [3.8, 4) is 0 Å². The lowest BCUT2D eigenvalue weighted by molar-refractivity contribution is -0.132. The number of carbonyl (C=O) groups excluding carboxylic acids is 1. The second-order valence-corrected chi connectivity index (χ2v) is 10.5. The van der Waals surface area contributed by atoms with Crippen molar-refractivity contribution in [1.82, 2.24) is 19.9 Å². The number of amides is 1. The van der Waals surface area contributed by atoms with Crippen LogP contribution in [0.4, 0.5) is 0 Å². The van der Waals surface area contributed by atoms with E-state index in [0.29, 0.717) is 28.1 Å². The Morgan fingerprint density at radius 3 is 2.61 bits per heavy atom. The lowest BCUT2D eigenvalue weighted by Gasteiger charge is -2.38. The number of aryl methyl sites for hydroxylation is 1. The molecule has 2 heterocycles. The van der Waals surface area contributed by atoms with Gasteiger partial charge in [0, 0.05) is 17.5 Å². The van der Waals surface area contributed by atoms with Gasteiger partial charge in [0.05, 0.1) is 10.5 Å². The molecule has 1 N–H and O–H groups in total. The van der Waals surface area contributed by atoms with Gasteiger partial charge < -0.3 is 14.4 Å². The van der Waals surface area contributed by atoms with Crippen LogP contribution < -0.4 is 10.9 Å². The topological polar surface area (TPSA) is 80.4 Å². The summed E-state index contributed by atoms with van der Waals surface area (Å²) >= 11 is 6.59. The molecule has 3 unspecified atom stereocenters. The van der Waals surface area contributed by atoms with Crippen molar-refractivity contribution in [2.24, 2.45) is 0 Å². The van der Waals surface area contributed by atoms with E-state index in [-0.39, 0.29) is 23.6 Å². The first kappa shape index (κ1) is 24.5. The molecule has 8 heteroatoms. The summed E-state index contributed by atoms with van der Waals surface area (Å²) in [6, 6.07) is 15.2. The van der Waals surface area contributed by atoms with Crippen LogP contribution in [0, 0.1) is 6.92 Å². The SMILES string of the molecule is Cc1onc2c1c(=O)n(C1CCCC(NC(=O)C(C)(c3ccccc3)N(C)C)C1)c1cccc(Cl)c21. The van der Waals surface area contributed by atoms with E-state index in [0.717, 1.165) is 35.7 Å². The highest BCUT2D eigenvalue weighted by Gasteiger charge is 2.39. The second kappa shape index (κ2) is 9.37. The van der Waals surface area contributed by atoms with Crippen molar-refractivity contribution in [2.45, 2.75) is 57.2 Å². The average Bonchev–Trinajstić information content (AvgIpc) is 3.26. The van der Waals surface area contributed by atoms with E-state index in [1.54, 1.807) is 13.0 Å². The van der Waals surface area contributed by atoms with E-state index in [4.69, 9.17) is 16.1 Å². The Kier molecular flexibility index (Phi) is 6.39. The molecule has 2 aromatic carbocycles. The fraction of sp³-hybridized carbons (Fsp3) is 0.393. The molecule has 1 fully saturated rings. The van der Waals surface area contributed by atoms with Crippen molar-refractivity contribution in [3.63, 3.8) is 0 Å². The number of fused-ring (bicyclic) bond motifs is 3. The fourth-order valence-electron chi connectivity index (χ4n) is 5.55. The number of benzene rings is 2. The second-order valence-electron chi connectivity index (χ2n) is 10.1. The minimum absolute atomic E-state index is 0.0464. The number of likely N-dealkylation sites (N-methyl/N-ethyl adjacent to an activating group) is 1. The van der Waals surface area contributed by atoms with E-state index in [2.05, 4.69) is 10.5 Å². The summed E-state index contributed by atoms with van der Waals surface area (Å²) in [4.78, 5) is 29.3. The Labute approximate surface area is 215 Å². The van der Waals surface area contributed by atoms with Crippen LogP contribution in [-0.4, -0.2) is 40.7 Å². The number of nitrogens with zero attached hydrogens (tertiary/aromatic N) is 3. The van der Waals surface area contributed by atoms with Gasteiger partial charge in [-0.3, -0.25) is 14.5 Å². The maximum Gasteiger partial charge on any atom is 0.264 e. The number of hydrogen-bond acceptors (Lipinski definition) is 5. The van der Waals surface area contributed by atoms with Crippen LogP contribution in [0.2, 0.25) is 5.02 Å². The van der Waals surface area contributed by atoms with Gasteiger partial charge in [-0.05, 0) is 71.3 Å². The van der Waals surface area contributed by atoms with Crippen LogP contribution in [0.25, 0.3) is 21.8 Å². The molecule has 1 amide bonds. The summed E-state index contributed by atoms with van der Waals surface area (Å²) in [5.74, 6) is 0.436. The number of pyridine rings is 1. The first-order chi connectivity index (χ1) is 17.2. The first-order valence-electron chi connectivity index (χ1n) is 12.4. The summed E-state index contributed by atoms with van der Waals surface area (Å²) in [6.45, 7) is 3.69. The summed E-state index contributed by atoms with van der Waals surface area (Å²) < 4.78 is 7.23. The largest absolute Gasteiger partial charge is 0.360 e. The normalized spacial score (nSPS) is 20.1. The summed E-state index contributed by atoms with van der Waals surface area (Å²) in [5, 5.41) is 9.17. The van der Waals surface area contributed by atoms with Crippen LogP contribution in [0.3, 0.4) is 0 Å². The minimum atomic E-state index is -0.816. The van der Waals surface area contributed by atoms with Gasteiger partial charge in [0.2, 0.25) is 5.91 Å². The van der Waals surface area contributed by atoms with Crippen LogP contribution in [0.1, 0.15) is 50.0 Å². The van der Waals surface area contributed by atoms with Gasteiger partial charge in [0.15, 0.2) is 0 Å².